The van der Waals surface area contributed by atoms with E-state index in [1.165, 1.54) is 0 Å². The maximum Gasteiger partial charge on any atom is 0.231 e. The van der Waals surface area contributed by atoms with Gasteiger partial charge in [-0.05, 0) is 25.0 Å². The van der Waals surface area contributed by atoms with Crippen LogP contribution in [-0.4, -0.2) is 16.8 Å². The molecule has 2 N–H and O–H groups in total. The van der Waals surface area contributed by atoms with Gasteiger partial charge in [0.25, 0.3) is 0 Å². The molecule has 5 nitrogen and oxygen atoms in total. The van der Waals surface area contributed by atoms with Gasteiger partial charge < -0.3 is 15.2 Å². The molecule has 6 heteroatoms. The molecule has 0 amide bonds. The van der Waals surface area contributed by atoms with Crippen molar-refractivity contribution in [2.24, 2.45) is 0 Å². The number of rotatable bonds is 2. The first-order chi connectivity index (χ1) is 9.70. The second kappa shape index (κ2) is 4.24. The first-order valence-corrected chi connectivity index (χ1v) is 6.82. The molecule has 1 fully saturated rings. The van der Waals surface area contributed by atoms with Crippen LogP contribution in [0, 0.1) is 0 Å². The highest BCUT2D eigenvalue weighted by Gasteiger charge is 2.26. The minimum absolute atomic E-state index is 0.184. The molecule has 1 aromatic carbocycles. The van der Waals surface area contributed by atoms with Crippen molar-refractivity contribution in [3.05, 3.63) is 28.9 Å². The van der Waals surface area contributed by atoms with Gasteiger partial charge in [0.1, 0.15) is 5.82 Å². The summed E-state index contributed by atoms with van der Waals surface area (Å²) in [5, 5.41) is 0.494. The van der Waals surface area contributed by atoms with Crippen molar-refractivity contribution in [2.75, 3.05) is 12.5 Å². The molecule has 0 bridgehead atoms. The Labute approximate surface area is 120 Å². The summed E-state index contributed by atoms with van der Waals surface area (Å²) < 4.78 is 10.7. The summed E-state index contributed by atoms with van der Waals surface area (Å²) in [5.74, 6) is 2.76. The summed E-state index contributed by atoms with van der Waals surface area (Å²) in [5.41, 5.74) is 7.66. The molecule has 102 valence electrons. The predicted molar refractivity (Wildman–Crippen MR) is 75.0 cm³/mol. The van der Waals surface area contributed by atoms with Gasteiger partial charge >= 0.3 is 0 Å². The Balaban J connectivity index is 1.82. The van der Waals surface area contributed by atoms with Crippen LogP contribution in [0.15, 0.2) is 18.2 Å². The lowest BCUT2D eigenvalue weighted by Gasteiger charge is -2.07. The van der Waals surface area contributed by atoms with Gasteiger partial charge in [-0.25, -0.2) is 9.97 Å². The van der Waals surface area contributed by atoms with E-state index in [0.717, 1.165) is 24.1 Å². The number of nitrogen functional groups attached to an aromatic ring is 1. The van der Waals surface area contributed by atoms with Crippen LogP contribution in [0.2, 0.25) is 5.02 Å². The molecular formula is C14H12ClN3O2. The van der Waals surface area contributed by atoms with Gasteiger partial charge in [-0.2, -0.15) is 0 Å². The molecule has 1 aliphatic carbocycles. The number of ether oxygens (including phenoxy) is 2. The number of hydrogen-bond donors (Lipinski definition) is 1. The standard InChI is InChI=1S/C14H12ClN3O2/c15-9-3-8(4-11-13(9)20-6-19-11)14-17-10(7-1-2-7)5-12(16)18-14/h3-5,7H,1-2,6H2,(H2,16,17,18). The van der Waals surface area contributed by atoms with E-state index in [1.807, 2.05) is 12.1 Å². The third-order valence-corrected chi connectivity index (χ3v) is 3.73. The Hall–Kier alpha value is -2.01. The third kappa shape index (κ3) is 1.94. The fourth-order valence-corrected chi connectivity index (χ4v) is 2.56. The molecule has 2 heterocycles. The molecule has 0 radical (unpaired) electrons. The first-order valence-electron chi connectivity index (χ1n) is 6.44. The van der Waals surface area contributed by atoms with E-state index < -0.39 is 0 Å². The van der Waals surface area contributed by atoms with Crippen LogP contribution in [0.4, 0.5) is 5.82 Å². The van der Waals surface area contributed by atoms with Crippen molar-refractivity contribution in [3.63, 3.8) is 0 Å². The fourth-order valence-electron chi connectivity index (χ4n) is 2.30. The molecule has 1 saturated carbocycles. The summed E-state index contributed by atoms with van der Waals surface area (Å²) in [7, 11) is 0. The number of fused-ring (bicyclic) bond motifs is 1. The van der Waals surface area contributed by atoms with Gasteiger partial charge in [0, 0.05) is 23.2 Å². The Morgan fingerprint density at radius 2 is 2.00 bits per heavy atom. The van der Waals surface area contributed by atoms with E-state index in [1.54, 1.807) is 6.07 Å². The Bertz CT molecular complexity index is 701. The number of benzene rings is 1. The molecule has 0 atom stereocenters. The van der Waals surface area contributed by atoms with Crippen LogP contribution < -0.4 is 15.2 Å². The molecule has 0 spiro atoms. The van der Waals surface area contributed by atoms with Crippen molar-refractivity contribution in [2.45, 2.75) is 18.8 Å². The number of anilines is 1. The van der Waals surface area contributed by atoms with Crippen molar-refractivity contribution < 1.29 is 9.47 Å². The average Bonchev–Trinajstić information content (AvgIpc) is 3.16. The van der Waals surface area contributed by atoms with Gasteiger partial charge in [-0.3, -0.25) is 0 Å². The van der Waals surface area contributed by atoms with Gasteiger partial charge in [0.2, 0.25) is 6.79 Å². The van der Waals surface area contributed by atoms with E-state index >= 15 is 0 Å². The largest absolute Gasteiger partial charge is 0.454 e. The number of aromatic nitrogens is 2. The van der Waals surface area contributed by atoms with Crippen molar-refractivity contribution >= 4 is 17.4 Å². The van der Waals surface area contributed by atoms with Crippen LogP contribution >= 0.6 is 11.6 Å². The zero-order valence-electron chi connectivity index (χ0n) is 10.6. The number of hydrogen-bond acceptors (Lipinski definition) is 5. The Morgan fingerprint density at radius 1 is 1.15 bits per heavy atom. The van der Waals surface area contributed by atoms with E-state index in [4.69, 9.17) is 26.8 Å². The lowest BCUT2D eigenvalue weighted by atomic mass is 10.1. The van der Waals surface area contributed by atoms with Gasteiger partial charge in [-0.15, -0.1) is 0 Å². The van der Waals surface area contributed by atoms with Crippen LogP contribution in [-0.2, 0) is 0 Å². The van der Waals surface area contributed by atoms with E-state index in [2.05, 4.69) is 9.97 Å². The lowest BCUT2D eigenvalue weighted by Crippen LogP contribution is -1.99. The summed E-state index contributed by atoms with van der Waals surface area (Å²) in [6.07, 6.45) is 2.33. The topological polar surface area (TPSA) is 70.3 Å². The zero-order valence-corrected chi connectivity index (χ0v) is 11.4. The molecular weight excluding hydrogens is 278 g/mol. The molecule has 0 saturated heterocycles. The fraction of sp³-hybridized carbons (Fsp3) is 0.286. The SMILES string of the molecule is Nc1cc(C2CC2)nc(-c2cc(Cl)c3c(c2)OCO3)n1. The molecule has 0 unspecified atom stereocenters. The Morgan fingerprint density at radius 3 is 2.80 bits per heavy atom. The van der Waals surface area contributed by atoms with Crippen LogP contribution in [0.1, 0.15) is 24.5 Å². The number of nitrogens with two attached hydrogens (primary N) is 1. The number of halogens is 1. The normalized spacial score (nSPS) is 16.4. The maximum absolute atomic E-state index is 6.19. The first kappa shape index (κ1) is 11.8. The summed E-state index contributed by atoms with van der Waals surface area (Å²) in [6.45, 7) is 0.184. The van der Waals surface area contributed by atoms with E-state index in [9.17, 15) is 0 Å². The predicted octanol–water partition coefficient (Wildman–Crippen LogP) is 2.99. The second-order valence-electron chi connectivity index (χ2n) is 5.01. The smallest absolute Gasteiger partial charge is 0.231 e. The van der Waals surface area contributed by atoms with Crippen LogP contribution in [0.25, 0.3) is 11.4 Å². The monoisotopic (exact) mass is 289 g/mol. The average molecular weight is 290 g/mol. The van der Waals surface area contributed by atoms with Crippen LogP contribution in [0.3, 0.4) is 0 Å². The van der Waals surface area contributed by atoms with Crippen LogP contribution in [0.5, 0.6) is 11.5 Å². The molecule has 2 aliphatic rings. The van der Waals surface area contributed by atoms with E-state index in [-0.39, 0.29) is 6.79 Å². The quantitative estimate of drug-likeness (QED) is 0.920. The summed E-state index contributed by atoms with van der Waals surface area (Å²) in [6, 6.07) is 5.45. The van der Waals surface area contributed by atoms with Crippen molar-refractivity contribution in [3.8, 4) is 22.9 Å². The molecule has 20 heavy (non-hydrogen) atoms. The maximum atomic E-state index is 6.19. The van der Waals surface area contributed by atoms with Gasteiger partial charge in [0.05, 0.1) is 5.02 Å². The molecule has 1 aliphatic heterocycles. The third-order valence-electron chi connectivity index (χ3n) is 3.45. The van der Waals surface area contributed by atoms with E-state index in [0.29, 0.717) is 34.1 Å². The highest BCUT2D eigenvalue weighted by atomic mass is 35.5. The minimum Gasteiger partial charge on any atom is -0.454 e. The lowest BCUT2D eigenvalue weighted by molar-refractivity contribution is 0.174. The molecule has 4 rings (SSSR count). The summed E-state index contributed by atoms with van der Waals surface area (Å²) in [4.78, 5) is 8.88. The zero-order chi connectivity index (χ0) is 13.7. The summed E-state index contributed by atoms with van der Waals surface area (Å²) >= 11 is 6.19. The molecule has 1 aromatic heterocycles. The Kier molecular flexibility index (Phi) is 2.50. The minimum atomic E-state index is 0.184. The van der Waals surface area contributed by atoms with Gasteiger partial charge in [-0.1, -0.05) is 11.6 Å². The van der Waals surface area contributed by atoms with Crippen molar-refractivity contribution in [1.82, 2.24) is 9.97 Å². The van der Waals surface area contributed by atoms with Crippen molar-refractivity contribution in [1.29, 1.82) is 0 Å². The molecule has 2 aromatic rings. The highest BCUT2D eigenvalue weighted by Crippen LogP contribution is 2.43. The highest BCUT2D eigenvalue weighted by molar-refractivity contribution is 6.32. The second-order valence-corrected chi connectivity index (χ2v) is 5.41. The van der Waals surface area contributed by atoms with Gasteiger partial charge in [0.15, 0.2) is 17.3 Å². The number of nitrogens with zero attached hydrogens (tertiary/aromatic N) is 2.